The first-order valence-electron chi connectivity index (χ1n) is 6.53. The Morgan fingerprint density at radius 1 is 1.22 bits per heavy atom. The number of nitrogens with two attached hydrogens (primary N) is 1. The van der Waals surface area contributed by atoms with Crippen molar-refractivity contribution >= 4 is 0 Å². The molecule has 3 heteroatoms. The smallest absolute Gasteiger partial charge is 0.0605 e. The van der Waals surface area contributed by atoms with Crippen molar-refractivity contribution in [2.75, 3.05) is 0 Å². The Labute approximate surface area is 109 Å². The van der Waals surface area contributed by atoms with Crippen LogP contribution in [0.4, 0.5) is 0 Å². The van der Waals surface area contributed by atoms with Crippen molar-refractivity contribution in [2.45, 2.75) is 39.3 Å². The van der Waals surface area contributed by atoms with Gasteiger partial charge in [0.25, 0.3) is 0 Å². The van der Waals surface area contributed by atoms with E-state index in [9.17, 15) is 0 Å². The molecule has 0 spiro atoms. The molecular weight excluding hydrogens is 222 g/mol. The maximum atomic E-state index is 6.22. The number of rotatable bonds is 5. The molecule has 2 aromatic rings. The first-order valence-corrected chi connectivity index (χ1v) is 6.53. The first kappa shape index (κ1) is 12.8. The van der Waals surface area contributed by atoms with Crippen LogP contribution < -0.4 is 5.73 Å². The van der Waals surface area contributed by atoms with Crippen LogP contribution in [-0.4, -0.2) is 9.78 Å². The summed E-state index contributed by atoms with van der Waals surface area (Å²) in [5.41, 5.74) is 9.91. The van der Waals surface area contributed by atoms with E-state index in [4.69, 9.17) is 5.73 Å². The lowest BCUT2D eigenvalue weighted by Gasteiger charge is -2.14. The predicted molar refractivity (Wildman–Crippen MR) is 74.3 cm³/mol. The molecule has 1 heterocycles. The van der Waals surface area contributed by atoms with Gasteiger partial charge in [-0.1, -0.05) is 37.6 Å². The maximum absolute atomic E-state index is 6.22. The van der Waals surface area contributed by atoms with Gasteiger partial charge in [0.05, 0.1) is 6.54 Å². The number of aryl methyl sites for hydroxylation is 2. The molecule has 3 nitrogen and oxygen atoms in total. The Kier molecular flexibility index (Phi) is 4.15. The van der Waals surface area contributed by atoms with Gasteiger partial charge in [0.15, 0.2) is 0 Å². The molecule has 0 aliphatic rings. The molecule has 1 atom stereocenters. The highest BCUT2D eigenvalue weighted by molar-refractivity contribution is 5.25. The van der Waals surface area contributed by atoms with Crippen molar-refractivity contribution < 1.29 is 0 Å². The van der Waals surface area contributed by atoms with Gasteiger partial charge < -0.3 is 5.73 Å². The second-order valence-electron chi connectivity index (χ2n) is 4.75. The quantitative estimate of drug-likeness (QED) is 0.877. The third-order valence-corrected chi connectivity index (χ3v) is 3.25. The first-order chi connectivity index (χ1) is 8.70. The summed E-state index contributed by atoms with van der Waals surface area (Å²) in [5, 5.41) is 4.26. The van der Waals surface area contributed by atoms with Gasteiger partial charge in [0.1, 0.15) is 0 Å². The van der Waals surface area contributed by atoms with Crippen molar-refractivity contribution in [2.24, 2.45) is 5.73 Å². The van der Waals surface area contributed by atoms with Crippen LogP contribution in [-0.2, 0) is 13.0 Å². The minimum atomic E-state index is -0.000670. The number of hydrogen-bond acceptors (Lipinski definition) is 2. The van der Waals surface area contributed by atoms with Gasteiger partial charge in [-0.2, -0.15) is 5.10 Å². The number of hydrogen-bond donors (Lipinski definition) is 1. The summed E-state index contributed by atoms with van der Waals surface area (Å²) in [6.45, 7) is 4.97. The normalized spacial score (nSPS) is 12.6. The zero-order valence-electron chi connectivity index (χ0n) is 11.1. The summed E-state index contributed by atoms with van der Waals surface area (Å²) < 4.78 is 1.95. The largest absolute Gasteiger partial charge is 0.322 e. The van der Waals surface area contributed by atoms with Crippen LogP contribution >= 0.6 is 0 Å². The van der Waals surface area contributed by atoms with Crippen LogP contribution in [0.5, 0.6) is 0 Å². The molecule has 1 aromatic heterocycles. The monoisotopic (exact) mass is 243 g/mol. The van der Waals surface area contributed by atoms with Gasteiger partial charge in [-0.3, -0.25) is 4.68 Å². The van der Waals surface area contributed by atoms with Crippen LogP contribution in [0.15, 0.2) is 36.5 Å². The molecule has 0 saturated heterocycles. The molecule has 1 aromatic carbocycles. The van der Waals surface area contributed by atoms with Gasteiger partial charge in [0, 0.05) is 17.9 Å². The second-order valence-corrected chi connectivity index (χ2v) is 4.75. The van der Waals surface area contributed by atoms with Crippen LogP contribution in [0, 0.1) is 6.92 Å². The standard InChI is InChI=1S/C15H21N3/c1-3-4-13-5-7-14(8-6-13)15(16)11-18-12(2)9-10-17-18/h5-10,15H,3-4,11,16H2,1-2H3. The zero-order chi connectivity index (χ0) is 13.0. The minimum absolute atomic E-state index is 0.000670. The second kappa shape index (κ2) is 5.83. The molecule has 0 fully saturated rings. The molecule has 2 N–H and O–H groups in total. The molecule has 18 heavy (non-hydrogen) atoms. The van der Waals surface area contributed by atoms with Gasteiger partial charge in [-0.15, -0.1) is 0 Å². The van der Waals surface area contributed by atoms with E-state index in [-0.39, 0.29) is 6.04 Å². The molecule has 0 bridgehead atoms. The summed E-state index contributed by atoms with van der Waals surface area (Å²) in [7, 11) is 0. The van der Waals surface area contributed by atoms with Crippen LogP contribution in [0.2, 0.25) is 0 Å². The Hall–Kier alpha value is -1.61. The molecule has 1 unspecified atom stereocenters. The van der Waals surface area contributed by atoms with E-state index >= 15 is 0 Å². The molecule has 2 rings (SSSR count). The Morgan fingerprint density at radius 3 is 2.50 bits per heavy atom. The summed E-state index contributed by atoms with van der Waals surface area (Å²) >= 11 is 0. The van der Waals surface area contributed by atoms with Crippen molar-refractivity contribution in [3.63, 3.8) is 0 Å². The van der Waals surface area contributed by atoms with Crippen molar-refractivity contribution in [3.8, 4) is 0 Å². The minimum Gasteiger partial charge on any atom is -0.322 e. The molecule has 0 radical (unpaired) electrons. The van der Waals surface area contributed by atoms with Gasteiger partial charge in [-0.05, 0) is 30.5 Å². The van der Waals surface area contributed by atoms with Crippen LogP contribution in [0.3, 0.4) is 0 Å². The van der Waals surface area contributed by atoms with Gasteiger partial charge in [-0.25, -0.2) is 0 Å². The van der Waals surface area contributed by atoms with Gasteiger partial charge >= 0.3 is 0 Å². The SMILES string of the molecule is CCCc1ccc(C(N)Cn2nccc2C)cc1. The van der Waals surface area contributed by atoms with E-state index in [1.807, 2.05) is 23.9 Å². The topological polar surface area (TPSA) is 43.8 Å². The highest BCUT2D eigenvalue weighted by Gasteiger charge is 2.08. The summed E-state index contributed by atoms with van der Waals surface area (Å²) in [6, 6.07) is 10.6. The number of aromatic nitrogens is 2. The lowest BCUT2D eigenvalue weighted by Crippen LogP contribution is -2.19. The summed E-state index contributed by atoms with van der Waals surface area (Å²) in [6.07, 6.45) is 4.12. The van der Waals surface area contributed by atoms with E-state index in [1.54, 1.807) is 0 Å². The fourth-order valence-electron chi connectivity index (χ4n) is 2.10. The zero-order valence-corrected chi connectivity index (χ0v) is 11.1. The Morgan fingerprint density at radius 2 is 1.94 bits per heavy atom. The molecule has 0 aliphatic carbocycles. The van der Waals surface area contributed by atoms with Crippen LogP contribution in [0.25, 0.3) is 0 Å². The number of benzene rings is 1. The molecule has 96 valence electrons. The predicted octanol–water partition coefficient (Wildman–Crippen LogP) is 2.84. The highest BCUT2D eigenvalue weighted by Crippen LogP contribution is 2.15. The Balaban J connectivity index is 2.04. The van der Waals surface area contributed by atoms with E-state index in [0.717, 1.165) is 18.7 Å². The summed E-state index contributed by atoms with van der Waals surface area (Å²) in [5.74, 6) is 0. The van der Waals surface area contributed by atoms with E-state index in [1.165, 1.54) is 17.5 Å². The lowest BCUT2D eigenvalue weighted by atomic mass is 10.0. The van der Waals surface area contributed by atoms with E-state index < -0.39 is 0 Å². The van der Waals surface area contributed by atoms with Crippen LogP contribution in [0.1, 0.15) is 36.2 Å². The van der Waals surface area contributed by atoms with E-state index in [0.29, 0.717) is 0 Å². The van der Waals surface area contributed by atoms with E-state index in [2.05, 4.69) is 36.3 Å². The average molecular weight is 243 g/mol. The third kappa shape index (κ3) is 2.99. The summed E-state index contributed by atoms with van der Waals surface area (Å²) in [4.78, 5) is 0. The lowest BCUT2D eigenvalue weighted by molar-refractivity contribution is 0.517. The van der Waals surface area contributed by atoms with Crippen molar-refractivity contribution in [1.82, 2.24) is 9.78 Å². The molecule has 0 saturated carbocycles. The van der Waals surface area contributed by atoms with Crippen molar-refractivity contribution in [1.29, 1.82) is 0 Å². The number of nitrogens with zero attached hydrogens (tertiary/aromatic N) is 2. The highest BCUT2D eigenvalue weighted by atomic mass is 15.3. The molecular formula is C15H21N3. The Bertz CT molecular complexity index is 485. The molecule has 0 amide bonds. The molecule has 0 aliphatic heterocycles. The maximum Gasteiger partial charge on any atom is 0.0605 e. The van der Waals surface area contributed by atoms with Gasteiger partial charge in [0.2, 0.25) is 0 Å². The fourth-order valence-corrected chi connectivity index (χ4v) is 2.10. The average Bonchev–Trinajstić information content (AvgIpc) is 2.76. The fraction of sp³-hybridized carbons (Fsp3) is 0.400. The van der Waals surface area contributed by atoms with Crippen molar-refractivity contribution in [3.05, 3.63) is 53.3 Å². The third-order valence-electron chi connectivity index (χ3n) is 3.25.